The quantitative estimate of drug-likeness (QED) is 0.153. The first-order valence-corrected chi connectivity index (χ1v) is 16.4. The van der Waals surface area contributed by atoms with Gasteiger partial charge >= 0.3 is 0 Å². The SMILES string of the molecule is Cc1c(F)c(F)c(F)c(S(=O)(=O)N2CC[C@@H]2C(=O)N(Cc2ccc(C3CCCCC3)cn2)c2ccc3c(=O)n(C)ncc3c2)c1F. The van der Waals surface area contributed by atoms with Crippen molar-refractivity contribution in [1.29, 1.82) is 0 Å². The molecule has 9 nitrogen and oxygen atoms in total. The molecule has 2 fully saturated rings. The molecule has 6 rings (SSSR count). The van der Waals surface area contributed by atoms with Crippen molar-refractivity contribution in [3.05, 3.63) is 93.2 Å². The maximum Gasteiger partial charge on any atom is 0.274 e. The number of halogens is 4. The Morgan fingerprint density at radius 2 is 1.70 bits per heavy atom. The van der Waals surface area contributed by atoms with E-state index in [1.165, 1.54) is 36.7 Å². The first-order chi connectivity index (χ1) is 21.9. The Morgan fingerprint density at radius 3 is 2.35 bits per heavy atom. The van der Waals surface area contributed by atoms with Crippen molar-refractivity contribution < 1.29 is 30.8 Å². The summed E-state index contributed by atoms with van der Waals surface area (Å²) in [6.07, 6.45) is 8.87. The number of amides is 1. The number of hydrogen-bond donors (Lipinski definition) is 0. The zero-order valence-corrected chi connectivity index (χ0v) is 26.0. The standard InChI is InChI=1S/C32H31F4N5O4S/c1-18-26(33)28(35)29(36)30(27(18)34)46(44,45)41-13-12-25(41)32(43)40(23-10-11-24-21(14-23)16-38-39(2)31(24)42)17-22-9-8-20(15-37-22)19-6-4-3-5-7-19/h8-11,14-16,19,25H,3-7,12-13,17H2,1-2H3/t25-/m1/s1. The van der Waals surface area contributed by atoms with Crippen LogP contribution in [0.5, 0.6) is 0 Å². The van der Waals surface area contributed by atoms with Gasteiger partial charge in [0.25, 0.3) is 5.56 Å². The van der Waals surface area contributed by atoms with Crippen LogP contribution in [0.1, 0.15) is 61.3 Å². The highest BCUT2D eigenvalue weighted by Gasteiger charge is 2.47. The van der Waals surface area contributed by atoms with Gasteiger partial charge in [0.05, 0.1) is 23.8 Å². The Morgan fingerprint density at radius 1 is 0.957 bits per heavy atom. The summed E-state index contributed by atoms with van der Waals surface area (Å²) in [7, 11) is -3.61. The third-order valence-electron chi connectivity index (χ3n) is 9.02. The zero-order chi connectivity index (χ0) is 32.9. The van der Waals surface area contributed by atoms with Gasteiger partial charge in [-0.2, -0.15) is 9.40 Å². The molecule has 1 aliphatic heterocycles. The van der Waals surface area contributed by atoms with Crippen LogP contribution in [0, 0.1) is 30.2 Å². The van der Waals surface area contributed by atoms with E-state index in [1.807, 2.05) is 6.07 Å². The summed E-state index contributed by atoms with van der Waals surface area (Å²) in [6.45, 7) is 0.418. The number of aromatic nitrogens is 3. The number of hydrogen-bond acceptors (Lipinski definition) is 6. The molecule has 46 heavy (non-hydrogen) atoms. The molecule has 1 amide bonds. The second kappa shape index (κ2) is 12.2. The molecule has 14 heteroatoms. The monoisotopic (exact) mass is 657 g/mol. The molecule has 1 saturated carbocycles. The number of pyridine rings is 1. The highest BCUT2D eigenvalue weighted by Crippen LogP contribution is 2.36. The minimum atomic E-state index is -5.11. The van der Waals surface area contributed by atoms with E-state index in [0.717, 1.165) is 42.9 Å². The van der Waals surface area contributed by atoms with Gasteiger partial charge in [-0.25, -0.2) is 30.7 Å². The van der Waals surface area contributed by atoms with Crippen molar-refractivity contribution in [3.8, 4) is 0 Å². The molecule has 0 unspecified atom stereocenters. The van der Waals surface area contributed by atoms with Crippen molar-refractivity contribution in [2.45, 2.75) is 68.8 Å². The average Bonchev–Trinajstić information content (AvgIpc) is 3.03. The Labute approximate surface area is 262 Å². The Balaban J connectivity index is 1.36. The van der Waals surface area contributed by atoms with Crippen LogP contribution in [0.2, 0.25) is 0 Å². The summed E-state index contributed by atoms with van der Waals surface area (Å²) in [5.41, 5.74) is 0.537. The molecule has 3 heterocycles. The number of fused-ring (bicyclic) bond motifs is 1. The minimum absolute atomic E-state index is 0.00415. The first-order valence-electron chi connectivity index (χ1n) is 15.0. The summed E-state index contributed by atoms with van der Waals surface area (Å²) in [5, 5.41) is 4.81. The Kier molecular flexibility index (Phi) is 8.44. The van der Waals surface area contributed by atoms with Gasteiger partial charge in [0, 0.05) is 36.4 Å². The van der Waals surface area contributed by atoms with Crippen LogP contribution in [-0.2, 0) is 28.4 Å². The van der Waals surface area contributed by atoms with E-state index in [4.69, 9.17) is 0 Å². The molecule has 1 aliphatic carbocycles. The van der Waals surface area contributed by atoms with Gasteiger partial charge in [0.15, 0.2) is 28.2 Å². The summed E-state index contributed by atoms with van der Waals surface area (Å²) in [5.74, 6) is -8.25. The van der Waals surface area contributed by atoms with Gasteiger partial charge in [0.2, 0.25) is 15.9 Å². The highest BCUT2D eigenvalue weighted by atomic mass is 32.2. The largest absolute Gasteiger partial charge is 0.305 e. The van der Waals surface area contributed by atoms with E-state index in [-0.39, 0.29) is 25.1 Å². The lowest BCUT2D eigenvalue weighted by Gasteiger charge is -2.41. The van der Waals surface area contributed by atoms with Crippen LogP contribution < -0.4 is 10.5 Å². The van der Waals surface area contributed by atoms with Crippen molar-refractivity contribution in [3.63, 3.8) is 0 Å². The molecule has 2 aromatic heterocycles. The predicted octanol–water partition coefficient (Wildman–Crippen LogP) is 5.24. The van der Waals surface area contributed by atoms with Gasteiger partial charge in [-0.1, -0.05) is 25.3 Å². The number of rotatable bonds is 7. The summed E-state index contributed by atoms with van der Waals surface area (Å²) >= 11 is 0. The lowest BCUT2D eigenvalue weighted by Crippen LogP contribution is -2.59. The third-order valence-corrected chi connectivity index (χ3v) is 10.9. The number of nitrogens with zero attached hydrogens (tertiary/aromatic N) is 5. The van der Waals surface area contributed by atoms with E-state index in [2.05, 4.69) is 10.1 Å². The van der Waals surface area contributed by atoms with Crippen LogP contribution >= 0.6 is 0 Å². The smallest absolute Gasteiger partial charge is 0.274 e. The van der Waals surface area contributed by atoms with Gasteiger partial charge in [-0.15, -0.1) is 0 Å². The molecule has 0 bridgehead atoms. The van der Waals surface area contributed by atoms with E-state index in [1.54, 1.807) is 18.3 Å². The Bertz CT molecular complexity index is 1990. The highest BCUT2D eigenvalue weighted by molar-refractivity contribution is 7.89. The molecule has 242 valence electrons. The molecule has 0 radical (unpaired) electrons. The lowest BCUT2D eigenvalue weighted by molar-refractivity contribution is -0.125. The van der Waals surface area contributed by atoms with Gasteiger partial charge < -0.3 is 4.90 Å². The van der Waals surface area contributed by atoms with Crippen molar-refractivity contribution in [2.75, 3.05) is 11.4 Å². The van der Waals surface area contributed by atoms with Crippen LogP contribution in [-0.4, -0.2) is 46.0 Å². The fourth-order valence-corrected chi connectivity index (χ4v) is 8.01. The second-order valence-electron chi connectivity index (χ2n) is 11.8. The molecule has 0 N–H and O–H groups in total. The van der Waals surface area contributed by atoms with E-state index in [0.29, 0.717) is 32.4 Å². The van der Waals surface area contributed by atoms with E-state index >= 15 is 0 Å². The molecular weight excluding hydrogens is 626 g/mol. The van der Waals surface area contributed by atoms with Crippen molar-refractivity contribution >= 4 is 32.4 Å². The van der Waals surface area contributed by atoms with Gasteiger partial charge in [-0.3, -0.25) is 14.6 Å². The fraction of sp³-hybridized carbons (Fsp3) is 0.375. The molecule has 0 spiro atoms. The number of aryl methyl sites for hydroxylation is 1. The number of carbonyl (C=O) groups is 1. The van der Waals surface area contributed by atoms with Crippen LogP contribution in [0.15, 0.2) is 52.4 Å². The van der Waals surface area contributed by atoms with Crippen LogP contribution in [0.25, 0.3) is 10.8 Å². The fourth-order valence-electron chi connectivity index (χ4n) is 6.21. The van der Waals surface area contributed by atoms with Crippen LogP contribution in [0.4, 0.5) is 23.2 Å². The molecule has 2 aliphatic rings. The molecule has 1 atom stereocenters. The Hall–Kier alpha value is -4.17. The molecule has 2 aromatic carbocycles. The molecule has 4 aromatic rings. The van der Waals surface area contributed by atoms with Crippen LogP contribution in [0.3, 0.4) is 0 Å². The zero-order valence-electron chi connectivity index (χ0n) is 25.1. The number of carbonyl (C=O) groups excluding carboxylic acids is 1. The van der Waals surface area contributed by atoms with Gasteiger partial charge in [0.1, 0.15) is 6.04 Å². The number of sulfonamides is 1. The summed E-state index contributed by atoms with van der Waals surface area (Å²) in [4.78, 5) is 31.0. The topological polar surface area (TPSA) is 105 Å². The number of benzene rings is 2. The van der Waals surface area contributed by atoms with E-state index in [9.17, 15) is 35.6 Å². The lowest BCUT2D eigenvalue weighted by atomic mass is 9.85. The van der Waals surface area contributed by atoms with Crippen molar-refractivity contribution in [1.82, 2.24) is 19.1 Å². The molecular formula is C32H31F4N5O4S. The third kappa shape index (κ3) is 5.46. The summed E-state index contributed by atoms with van der Waals surface area (Å²) < 4.78 is 86.5. The van der Waals surface area contributed by atoms with Crippen molar-refractivity contribution in [2.24, 2.45) is 7.05 Å². The average molecular weight is 658 g/mol. The van der Waals surface area contributed by atoms with Gasteiger partial charge in [-0.05, 0) is 61.9 Å². The molecule has 1 saturated heterocycles. The number of anilines is 1. The normalized spacial score (nSPS) is 17.7. The predicted molar refractivity (Wildman–Crippen MR) is 162 cm³/mol. The van der Waals surface area contributed by atoms with E-state index < -0.39 is 55.7 Å². The minimum Gasteiger partial charge on any atom is -0.305 e. The second-order valence-corrected chi connectivity index (χ2v) is 13.6. The first kappa shape index (κ1) is 31.8. The maximum absolute atomic E-state index is 14.9. The summed E-state index contributed by atoms with van der Waals surface area (Å²) in [6, 6.07) is 6.98. The maximum atomic E-state index is 14.9.